The lowest BCUT2D eigenvalue weighted by atomic mass is 9.90. The highest BCUT2D eigenvalue weighted by atomic mass is 35.5. The Kier molecular flexibility index (Phi) is 11.3. The predicted octanol–water partition coefficient (Wildman–Crippen LogP) is 10.1. The van der Waals surface area contributed by atoms with Crippen LogP contribution in [0.25, 0.3) is 42.8 Å². The minimum Gasteiger partial charge on any atom is -0.464 e. The van der Waals surface area contributed by atoms with Gasteiger partial charge in [0.25, 0.3) is 0 Å². The molecule has 0 saturated carbocycles. The second-order valence-corrected chi connectivity index (χ2v) is 18.6. The summed E-state index contributed by atoms with van der Waals surface area (Å²) in [7, 11) is 2.02. The summed E-state index contributed by atoms with van der Waals surface area (Å²) in [5.74, 6) is -0.0931. The van der Waals surface area contributed by atoms with E-state index in [0.29, 0.717) is 23.5 Å². The van der Waals surface area contributed by atoms with Gasteiger partial charge in [-0.15, -0.1) is 11.3 Å². The molecular weight excluding hydrogens is 746 g/mol. The van der Waals surface area contributed by atoms with Crippen LogP contribution in [0.2, 0.25) is 5.02 Å². The first kappa shape index (κ1) is 40.2. The molecule has 1 amide bonds. The second-order valence-electron chi connectivity index (χ2n) is 17.1. The van der Waals surface area contributed by atoms with Gasteiger partial charge in [-0.25, -0.2) is 14.6 Å². The van der Waals surface area contributed by atoms with Crippen molar-refractivity contribution in [3.8, 4) is 21.7 Å². The number of amides is 1. The smallest absolute Gasteiger partial charge is 0.410 e. The Morgan fingerprint density at radius 1 is 0.946 bits per heavy atom. The maximum Gasteiger partial charge on any atom is 0.410 e. The van der Waals surface area contributed by atoms with Crippen LogP contribution in [0.4, 0.5) is 4.79 Å². The van der Waals surface area contributed by atoms with E-state index in [2.05, 4.69) is 29.2 Å². The standard InChI is InChI=1S/C44H54ClN5O5S/c1-10-53-41(51)38(54-43(3,4)5)35-26(2)23-33-39(36(35)27-11-14-30(45)15-12-27)56-40(46-33)29-13-16-34-32(24-29)37(47-48(34)9)28-17-20-49(21-18-28)31-19-22-50(25-31)42(52)55-44(6,7)8/h11-16,23-24,28,31,38H,10,17-22,25H2,1-9H3/t31-,38-/m0/s1. The molecule has 2 saturated heterocycles. The van der Waals surface area contributed by atoms with Gasteiger partial charge >= 0.3 is 12.1 Å². The van der Waals surface area contributed by atoms with Gasteiger partial charge < -0.3 is 19.1 Å². The molecule has 0 spiro atoms. The number of piperidine rings is 1. The lowest BCUT2D eigenvalue weighted by Crippen LogP contribution is -2.43. The summed E-state index contributed by atoms with van der Waals surface area (Å²) in [6, 6.07) is 16.7. The number of halogens is 1. The molecule has 4 heterocycles. The molecule has 0 unspecified atom stereocenters. The Balaban J connectivity index is 1.21. The number of likely N-dealkylation sites (tertiary alicyclic amines) is 2. The molecule has 12 heteroatoms. The summed E-state index contributed by atoms with van der Waals surface area (Å²) in [5.41, 5.74) is 6.48. The van der Waals surface area contributed by atoms with Crippen molar-refractivity contribution in [2.75, 3.05) is 32.8 Å². The maximum atomic E-state index is 13.6. The van der Waals surface area contributed by atoms with Crippen LogP contribution in [0.5, 0.6) is 0 Å². The molecule has 2 fully saturated rings. The fourth-order valence-corrected chi connectivity index (χ4v) is 9.42. The molecule has 5 aromatic rings. The van der Waals surface area contributed by atoms with Crippen LogP contribution in [0.3, 0.4) is 0 Å². The van der Waals surface area contributed by atoms with Gasteiger partial charge in [0.15, 0.2) is 6.10 Å². The molecule has 56 heavy (non-hydrogen) atoms. The third-order valence-electron chi connectivity index (χ3n) is 10.7. The topological polar surface area (TPSA) is 99.0 Å². The van der Waals surface area contributed by atoms with Gasteiger partial charge in [-0.3, -0.25) is 9.58 Å². The minimum atomic E-state index is -0.936. The Bertz CT molecular complexity index is 2240. The normalized spacial score (nSPS) is 17.9. The molecular formula is C44H54ClN5O5S. The lowest BCUT2D eigenvalue weighted by molar-refractivity contribution is -0.166. The molecule has 2 atom stereocenters. The van der Waals surface area contributed by atoms with E-state index in [1.807, 2.05) is 96.3 Å². The van der Waals surface area contributed by atoms with Gasteiger partial charge in [0, 0.05) is 59.2 Å². The van der Waals surface area contributed by atoms with Gasteiger partial charge in [0.05, 0.1) is 33.6 Å². The van der Waals surface area contributed by atoms with E-state index in [1.54, 1.807) is 11.3 Å². The van der Waals surface area contributed by atoms with E-state index >= 15 is 0 Å². The number of thiazole rings is 1. The number of fused-ring (bicyclic) bond motifs is 2. The van der Waals surface area contributed by atoms with E-state index in [-0.39, 0.29) is 12.7 Å². The summed E-state index contributed by atoms with van der Waals surface area (Å²) >= 11 is 7.98. The van der Waals surface area contributed by atoms with E-state index in [0.717, 1.165) is 98.5 Å². The molecule has 0 aliphatic carbocycles. The van der Waals surface area contributed by atoms with Crippen LogP contribution in [0.1, 0.15) is 96.6 Å². The van der Waals surface area contributed by atoms with Crippen LogP contribution < -0.4 is 0 Å². The highest BCUT2D eigenvalue weighted by Crippen LogP contribution is 2.45. The van der Waals surface area contributed by atoms with Gasteiger partial charge in [-0.1, -0.05) is 23.7 Å². The summed E-state index contributed by atoms with van der Waals surface area (Å²) < 4.78 is 20.7. The van der Waals surface area contributed by atoms with Crippen LogP contribution in [-0.4, -0.2) is 86.7 Å². The summed E-state index contributed by atoms with van der Waals surface area (Å²) in [4.78, 5) is 36.0. The Morgan fingerprint density at radius 3 is 2.30 bits per heavy atom. The molecule has 10 nitrogen and oxygen atoms in total. The fraction of sp³-hybridized carbons (Fsp3) is 0.500. The number of hydrogen-bond acceptors (Lipinski definition) is 9. The third-order valence-corrected chi connectivity index (χ3v) is 12.1. The number of benzene rings is 3. The lowest BCUT2D eigenvalue weighted by Gasteiger charge is -2.35. The van der Waals surface area contributed by atoms with E-state index in [1.165, 1.54) is 0 Å². The Morgan fingerprint density at radius 2 is 1.64 bits per heavy atom. The van der Waals surface area contributed by atoms with Gasteiger partial charge in [-0.2, -0.15) is 5.10 Å². The number of aromatic nitrogens is 3. The second kappa shape index (κ2) is 15.7. The van der Waals surface area contributed by atoms with Crippen LogP contribution in [0, 0.1) is 6.92 Å². The summed E-state index contributed by atoms with van der Waals surface area (Å²) in [6.07, 6.45) is 1.83. The van der Waals surface area contributed by atoms with Crippen molar-refractivity contribution >= 4 is 56.1 Å². The van der Waals surface area contributed by atoms with Crippen molar-refractivity contribution in [2.24, 2.45) is 7.05 Å². The average Bonchev–Trinajstić information content (AvgIpc) is 3.87. The largest absolute Gasteiger partial charge is 0.464 e. The predicted molar refractivity (Wildman–Crippen MR) is 224 cm³/mol. The molecule has 3 aromatic carbocycles. The molecule has 7 rings (SSSR count). The minimum absolute atomic E-state index is 0.217. The zero-order chi connectivity index (χ0) is 40.1. The number of hydrogen-bond donors (Lipinski definition) is 0. The number of esters is 1. The monoisotopic (exact) mass is 799 g/mol. The number of aryl methyl sites for hydroxylation is 2. The molecule has 298 valence electrons. The van der Waals surface area contributed by atoms with Crippen LogP contribution in [-0.2, 0) is 26.1 Å². The van der Waals surface area contributed by atoms with Crippen molar-refractivity contribution in [3.05, 3.63) is 70.4 Å². The zero-order valence-corrected chi connectivity index (χ0v) is 35.6. The maximum absolute atomic E-state index is 13.6. The number of ether oxygens (including phenoxy) is 3. The van der Waals surface area contributed by atoms with Crippen molar-refractivity contribution < 1.29 is 23.8 Å². The molecule has 2 aromatic heterocycles. The van der Waals surface area contributed by atoms with Crippen molar-refractivity contribution in [1.82, 2.24) is 24.6 Å². The number of carbonyl (C=O) groups is 2. The molecule has 2 aliphatic rings. The SMILES string of the molecule is CCOC(=O)[C@@H](OC(C)(C)C)c1c(C)cc2nc(-c3ccc4c(c3)c(C3CCN([C@H]5CCN(C(=O)OC(C)(C)C)C5)CC3)nn4C)sc2c1-c1ccc(Cl)cc1. The van der Waals surface area contributed by atoms with Crippen LogP contribution >= 0.6 is 22.9 Å². The first-order valence-electron chi connectivity index (χ1n) is 19.7. The molecule has 0 N–H and O–H groups in total. The molecule has 0 bridgehead atoms. The first-order chi connectivity index (χ1) is 26.5. The number of nitrogens with zero attached hydrogens (tertiary/aromatic N) is 5. The Hall–Kier alpha value is -4.03. The van der Waals surface area contributed by atoms with Gasteiger partial charge in [0.1, 0.15) is 10.6 Å². The highest BCUT2D eigenvalue weighted by molar-refractivity contribution is 7.22. The zero-order valence-electron chi connectivity index (χ0n) is 34.1. The van der Waals surface area contributed by atoms with E-state index in [9.17, 15) is 9.59 Å². The Labute approximate surface area is 339 Å². The summed E-state index contributed by atoms with van der Waals surface area (Å²) in [5, 5.41) is 7.76. The number of rotatable bonds is 8. The van der Waals surface area contributed by atoms with Crippen molar-refractivity contribution in [1.29, 1.82) is 0 Å². The summed E-state index contributed by atoms with van der Waals surface area (Å²) in [6.45, 7) is 19.0. The number of carbonyl (C=O) groups excluding carboxylic acids is 2. The van der Waals surface area contributed by atoms with Crippen molar-refractivity contribution in [3.63, 3.8) is 0 Å². The molecule has 2 aliphatic heterocycles. The quantitative estimate of drug-likeness (QED) is 0.143. The first-order valence-corrected chi connectivity index (χ1v) is 20.9. The fourth-order valence-electron chi connectivity index (χ4n) is 8.17. The highest BCUT2D eigenvalue weighted by Gasteiger charge is 2.36. The van der Waals surface area contributed by atoms with E-state index in [4.69, 9.17) is 35.9 Å². The van der Waals surface area contributed by atoms with Crippen molar-refractivity contribution in [2.45, 2.75) is 104 Å². The van der Waals surface area contributed by atoms with Gasteiger partial charge in [-0.05, 0) is 135 Å². The molecule has 0 radical (unpaired) electrons. The van der Waals surface area contributed by atoms with E-state index < -0.39 is 23.3 Å². The van der Waals surface area contributed by atoms with Gasteiger partial charge in [0.2, 0.25) is 0 Å². The third kappa shape index (κ3) is 8.47. The van der Waals surface area contributed by atoms with Crippen LogP contribution in [0.15, 0.2) is 48.5 Å². The average molecular weight is 800 g/mol.